The Labute approximate surface area is 215 Å². The first-order chi connectivity index (χ1) is 17.1. The van der Waals surface area contributed by atoms with Crippen LogP contribution in [-0.2, 0) is 15.4 Å². The van der Waals surface area contributed by atoms with E-state index in [1.807, 2.05) is 13.0 Å². The lowest BCUT2D eigenvalue weighted by atomic mass is 9.81. The monoisotopic (exact) mass is 514 g/mol. The number of aryl methyl sites for hydroxylation is 1. The van der Waals surface area contributed by atoms with E-state index in [2.05, 4.69) is 16.5 Å². The largest absolute Gasteiger partial charge is 0.390 e. The summed E-state index contributed by atoms with van der Waals surface area (Å²) in [6.07, 6.45) is 8.20. The van der Waals surface area contributed by atoms with E-state index >= 15 is 0 Å². The van der Waals surface area contributed by atoms with Crippen LogP contribution in [0.5, 0.6) is 0 Å². The van der Waals surface area contributed by atoms with Gasteiger partial charge < -0.3 is 10.0 Å². The zero-order valence-corrected chi connectivity index (χ0v) is 22.3. The quantitative estimate of drug-likeness (QED) is 0.456. The van der Waals surface area contributed by atoms with Crippen molar-refractivity contribution >= 4 is 15.7 Å². The number of hydrogen-bond donors (Lipinski definition) is 2. The molecule has 1 saturated heterocycles. The summed E-state index contributed by atoms with van der Waals surface area (Å²) in [6, 6.07) is 11.3. The molecule has 0 amide bonds. The van der Waals surface area contributed by atoms with E-state index in [4.69, 9.17) is 0 Å². The number of piperidine rings is 1. The number of nitrogens with one attached hydrogen (secondary N) is 1. The van der Waals surface area contributed by atoms with E-state index in [-0.39, 0.29) is 16.0 Å². The van der Waals surface area contributed by atoms with E-state index in [9.17, 15) is 17.9 Å². The van der Waals surface area contributed by atoms with Crippen LogP contribution in [0, 0.1) is 24.6 Å². The first-order valence-electron chi connectivity index (χ1n) is 13.5. The van der Waals surface area contributed by atoms with Crippen LogP contribution in [-0.4, -0.2) is 43.7 Å². The van der Waals surface area contributed by atoms with Crippen LogP contribution in [0.4, 0.5) is 10.1 Å². The van der Waals surface area contributed by atoms with Gasteiger partial charge in [-0.25, -0.2) is 12.8 Å². The Bertz CT molecular complexity index is 1180. The molecule has 196 valence electrons. The molecule has 2 N–H and O–H groups in total. The van der Waals surface area contributed by atoms with E-state index in [1.165, 1.54) is 12.5 Å². The second kappa shape index (κ2) is 9.73. The van der Waals surface area contributed by atoms with Crippen molar-refractivity contribution in [2.24, 2.45) is 11.8 Å². The summed E-state index contributed by atoms with van der Waals surface area (Å²) in [5.41, 5.74) is 1.60. The summed E-state index contributed by atoms with van der Waals surface area (Å²) in [5.74, 6) is 0.511. The maximum absolute atomic E-state index is 14.7. The van der Waals surface area contributed by atoms with Gasteiger partial charge in [-0.3, -0.25) is 4.72 Å². The summed E-state index contributed by atoms with van der Waals surface area (Å²) in [6.45, 7) is 7.03. The van der Waals surface area contributed by atoms with Gasteiger partial charge in [0.2, 0.25) is 0 Å². The van der Waals surface area contributed by atoms with Gasteiger partial charge in [0.25, 0.3) is 10.0 Å². The third kappa shape index (κ3) is 4.94. The van der Waals surface area contributed by atoms with Crippen LogP contribution in [0.25, 0.3) is 0 Å². The van der Waals surface area contributed by atoms with Crippen LogP contribution in [0.1, 0.15) is 69.4 Å². The summed E-state index contributed by atoms with van der Waals surface area (Å²) in [5, 5.41) is 10.8. The summed E-state index contributed by atoms with van der Waals surface area (Å²) < 4.78 is 43.1. The molecule has 5 rings (SSSR count). The Morgan fingerprint density at radius 1 is 1.06 bits per heavy atom. The smallest absolute Gasteiger partial charge is 0.261 e. The van der Waals surface area contributed by atoms with Crippen molar-refractivity contribution in [2.75, 3.05) is 24.4 Å². The molecule has 2 aromatic rings. The number of benzene rings is 2. The van der Waals surface area contributed by atoms with Gasteiger partial charge >= 0.3 is 0 Å². The van der Waals surface area contributed by atoms with Gasteiger partial charge in [0.15, 0.2) is 0 Å². The Hall–Kier alpha value is -1.96. The molecule has 1 heterocycles. The van der Waals surface area contributed by atoms with Crippen molar-refractivity contribution in [3.8, 4) is 0 Å². The Kier molecular flexibility index (Phi) is 6.94. The average molecular weight is 515 g/mol. The second-order valence-corrected chi connectivity index (χ2v) is 13.1. The van der Waals surface area contributed by atoms with Crippen LogP contribution in [0.15, 0.2) is 47.4 Å². The highest BCUT2D eigenvalue weighted by Gasteiger charge is 2.67. The van der Waals surface area contributed by atoms with E-state index in [0.717, 1.165) is 75.7 Å². The summed E-state index contributed by atoms with van der Waals surface area (Å²) in [4.78, 5) is 2.66. The fourth-order valence-electron chi connectivity index (χ4n) is 7.10. The van der Waals surface area contributed by atoms with Gasteiger partial charge in [-0.05, 0) is 93.3 Å². The van der Waals surface area contributed by atoms with Gasteiger partial charge in [0, 0.05) is 18.5 Å². The lowest BCUT2D eigenvalue weighted by Crippen LogP contribution is -2.34. The third-order valence-electron chi connectivity index (χ3n) is 9.11. The lowest BCUT2D eigenvalue weighted by molar-refractivity contribution is -0.00722. The molecule has 7 heteroatoms. The number of anilines is 1. The van der Waals surface area contributed by atoms with Crippen molar-refractivity contribution in [3.05, 3.63) is 59.4 Å². The molecule has 2 atom stereocenters. The fourth-order valence-corrected chi connectivity index (χ4v) is 8.14. The summed E-state index contributed by atoms with van der Waals surface area (Å²) >= 11 is 0. The average Bonchev–Trinajstić information content (AvgIpc) is 3.21. The second-order valence-electron chi connectivity index (χ2n) is 11.4. The van der Waals surface area contributed by atoms with Crippen LogP contribution in [0.2, 0.25) is 0 Å². The van der Waals surface area contributed by atoms with Crippen LogP contribution in [0.3, 0.4) is 0 Å². The molecule has 2 unspecified atom stereocenters. The lowest BCUT2D eigenvalue weighted by Gasteiger charge is -2.33. The normalized spacial score (nSPS) is 27.6. The summed E-state index contributed by atoms with van der Waals surface area (Å²) in [7, 11) is -3.79. The zero-order valence-electron chi connectivity index (χ0n) is 21.5. The molecule has 36 heavy (non-hydrogen) atoms. The Morgan fingerprint density at radius 3 is 2.36 bits per heavy atom. The molecule has 1 aliphatic heterocycles. The Morgan fingerprint density at radius 2 is 1.72 bits per heavy atom. The number of aliphatic hydroxyl groups is 1. The molecule has 2 saturated carbocycles. The SMILES string of the molecule is CCC1(c2cc(F)cc(NS(=O)(=O)c3ccc(C)cc3)c2)C2CN(CCCC3(O)CCCCC3)CC21. The van der Waals surface area contributed by atoms with Gasteiger partial charge in [-0.1, -0.05) is 43.9 Å². The van der Waals surface area contributed by atoms with Crippen molar-refractivity contribution in [1.29, 1.82) is 0 Å². The predicted molar refractivity (Wildman–Crippen MR) is 141 cm³/mol. The van der Waals surface area contributed by atoms with Gasteiger partial charge in [0.1, 0.15) is 5.82 Å². The number of hydrogen-bond acceptors (Lipinski definition) is 4. The van der Waals surface area contributed by atoms with Gasteiger partial charge in [-0.2, -0.15) is 0 Å². The number of nitrogens with zero attached hydrogens (tertiary/aromatic N) is 1. The molecule has 2 aromatic carbocycles. The first kappa shape index (κ1) is 25.7. The van der Waals surface area contributed by atoms with E-state index < -0.39 is 21.4 Å². The van der Waals surface area contributed by atoms with Crippen LogP contribution >= 0.6 is 0 Å². The number of halogens is 1. The fraction of sp³-hybridized carbons (Fsp3) is 0.586. The molecule has 3 fully saturated rings. The van der Waals surface area contributed by atoms with E-state index in [0.29, 0.717) is 11.8 Å². The number of likely N-dealkylation sites (tertiary alicyclic amines) is 1. The maximum atomic E-state index is 14.7. The highest BCUT2D eigenvalue weighted by atomic mass is 32.2. The van der Waals surface area contributed by atoms with Gasteiger partial charge in [0.05, 0.1) is 16.2 Å². The standard InChI is InChI=1S/C29H39FN2O3S/c1-3-29(26-19-32(20-27(26)29)15-7-14-28(33)12-5-4-6-13-28)22-16-23(30)18-24(17-22)31-36(34,35)25-10-8-21(2)9-11-25/h8-11,16-18,26-27,31,33H,3-7,12-15,19-20H2,1-2H3. The molecular formula is C29H39FN2O3S. The molecule has 0 radical (unpaired) electrons. The molecule has 0 bridgehead atoms. The molecule has 0 aromatic heterocycles. The highest BCUT2D eigenvalue weighted by Crippen LogP contribution is 2.65. The molecule has 0 spiro atoms. The van der Waals surface area contributed by atoms with Crippen molar-refractivity contribution in [2.45, 2.75) is 81.1 Å². The zero-order chi connectivity index (χ0) is 25.6. The molecule has 5 nitrogen and oxygen atoms in total. The third-order valence-corrected chi connectivity index (χ3v) is 10.5. The minimum absolute atomic E-state index is 0.0930. The number of rotatable bonds is 9. The minimum Gasteiger partial charge on any atom is -0.390 e. The van der Waals surface area contributed by atoms with Gasteiger partial charge in [-0.15, -0.1) is 0 Å². The highest BCUT2D eigenvalue weighted by molar-refractivity contribution is 7.92. The number of sulfonamides is 1. The minimum atomic E-state index is -3.79. The molecule has 2 aliphatic carbocycles. The van der Waals surface area contributed by atoms with Crippen molar-refractivity contribution in [3.63, 3.8) is 0 Å². The predicted octanol–water partition coefficient (Wildman–Crippen LogP) is 5.62. The molecular weight excluding hydrogens is 475 g/mol. The first-order valence-corrected chi connectivity index (χ1v) is 15.0. The Balaban J connectivity index is 1.24. The topological polar surface area (TPSA) is 69.6 Å². The van der Waals surface area contributed by atoms with Crippen molar-refractivity contribution < 1.29 is 17.9 Å². The van der Waals surface area contributed by atoms with Crippen molar-refractivity contribution in [1.82, 2.24) is 4.90 Å². The van der Waals surface area contributed by atoms with E-state index in [1.54, 1.807) is 30.3 Å². The maximum Gasteiger partial charge on any atom is 0.261 e. The molecule has 3 aliphatic rings. The number of fused-ring (bicyclic) bond motifs is 1. The van der Waals surface area contributed by atoms with Crippen LogP contribution < -0.4 is 4.72 Å².